The molecule has 8 heteroatoms. The molecule has 26 heavy (non-hydrogen) atoms. The Morgan fingerprint density at radius 2 is 2.08 bits per heavy atom. The zero-order valence-corrected chi connectivity index (χ0v) is 15.9. The number of benzene rings is 2. The third kappa shape index (κ3) is 3.79. The summed E-state index contributed by atoms with van der Waals surface area (Å²) >= 11 is 9.13. The Morgan fingerprint density at radius 1 is 1.35 bits per heavy atom. The molecule has 1 amide bonds. The second-order valence-electron chi connectivity index (χ2n) is 5.35. The normalized spacial score (nSPS) is 11.0. The summed E-state index contributed by atoms with van der Waals surface area (Å²) in [5.74, 6) is -0.122. The van der Waals surface area contributed by atoms with Crippen LogP contribution in [0.3, 0.4) is 0 Å². The van der Waals surface area contributed by atoms with Gasteiger partial charge in [0, 0.05) is 16.1 Å². The summed E-state index contributed by atoms with van der Waals surface area (Å²) < 4.78 is 5.59. The van der Waals surface area contributed by atoms with E-state index >= 15 is 0 Å². The molecule has 0 unspecified atom stereocenters. The van der Waals surface area contributed by atoms with E-state index < -0.39 is 5.91 Å². The fourth-order valence-corrected chi connectivity index (χ4v) is 3.17. The van der Waals surface area contributed by atoms with Crippen molar-refractivity contribution in [1.29, 1.82) is 0 Å². The minimum Gasteiger partial charge on any atom is -0.506 e. The average molecular weight is 435 g/mol. The van der Waals surface area contributed by atoms with Crippen molar-refractivity contribution in [1.82, 2.24) is 10.6 Å². The maximum atomic E-state index is 12.5. The average Bonchev–Trinajstić information content (AvgIpc) is 3.01. The molecule has 0 fully saturated rings. The van der Waals surface area contributed by atoms with Crippen LogP contribution in [0.1, 0.15) is 21.7 Å². The number of halogens is 2. The van der Waals surface area contributed by atoms with Crippen LogP contribution in [0.25, 0.3) is 11.3 Å². The standard InChI is InChI=1S/C18H13BrClN3O3/c1-10-15(16(23-26-10)11-5-3-2-4-6-11)18(25)22-21-9-12-7-13(20)8-14(19)17(12)24/h2-9,24H,1H3,(H,22,25)/b21-9+. The quantitative estimate of drug-likeness (QED) is 0.466. The van der Waals surface area contributed by atoms with E-state index in [-0.39, 0.29) is 5.75 Å². The van der Waals surface area contributed by atoms with Crippen LogP contribution in [0.4, 0.5) is 0 Å². The molecule has 6 nitrogen and oxygen atoms in total. The Bertz CT molecular complexity index is 987. The number of aromatic hydroxyl groups is 1. The molecule has 0 aliphatic carbocycles. The maximum Gasteiger partial charge on any atom is 0.277 e. The van der Waals surface area contributed by atoms with Gasteiger partial charge >= 0.3 is 0 Å². The number of nitrogens with zero attached hydrogens (tertiary/aromatic N) is 2. The lowest BCUT2D eigenvalue weighted by atomic mass is 10.1. The Morgan fingerprint density at radius 3 is 2.81 bits per heavy atom. The minimum atomic E-state index is -0.473. The number of aryl methyl sites for hydroxylation is 1. The highest BCUT2D eigenvalue weighted by atomic mass is 79.9. The van der Waals surface area contributed by atoms with Crippen LogP contribution >= 0.6 is 27.5 Å². The lowest BCUT2D eigenvalue weighted by Crippen LogP contribution is -2.18. The SMILES string of the molecule is Cc1onc(-c2ccccc2)c1C(=O)N/N=C/c1cc(Cl)cc(Br)c1O. The highest BCUT2D eigenvalue weighted by Gasteiger charge is 2.21. The molecule has 1 aromatic heterocycles. The number of carbonyl (C=O) groups excluding carboxylic acids is 1. The zero-order valence-electron chi connectivity index (χ0n) is 13.5. The smallest absolute Gasteiger partial charge is 0.277 e. The molecule has 0 aliphatic heterocycles. The number of rotatable bonds is 4. The zero-order chi connectivity index (χ0) is 18.7. The van der Waals surface area contributed by atoms with Crippen molar-refractivity contribution in [2.75, 3.05) is 0 Å². The molecule has 0 saturated heterocycles. The molecule has 2 aromatic carbocycles. The van der Waals surface area contributed by atoms with Crippen molar-refractivity contribution in [2.45, 2.75) is 6.92 Å². The van der Waals surface area contributed by atoms with Crippen molar-refractivity contribution in [2.24, 2.45) is 5.10 Å². The molecule has 0 radical (unpaired) electrons. The van der Waals surface area contributed by atoms with Gasteiger partial charge in [-0.3, -0.25) is 4.79 Å². The van der Waals surface area contributed by atoms with E-state index in [0.717, 1.165) is 5.56 Å². The lowest BCUT2D eigenvalue weighted by Gasteiger charge is -2.03. The predicted octanol–water partition coefficient (Wildman–Crippen LogP) is 4.54. The first-order chi connectivity index (χ1) is 12.5. The number of nitrogens with one attached hydrogen (secondary N) is 1. The Labute approximate surface area is 162 Å². The van der Waals surface area contributed by atoms with E-state index in [1.165, 1.54) is 12.3 Å². The first-order valence-electron chi connectivity index (χ1n) is 7.50. The van der Waals surface area contributed by atoms with Crippen LogP contribution < -0.4 is 5.43 Å². The van der Waals surface area contributed by atoms with Gasteiger partial charge in [0.1, 0.15) is 22.8 Å². The molecule has 0 atom stereocenters. The van der Waals surface area contributed by atoms with Crippen molar-refractivity contribution >= 4 is 39.7 Å². The van der Waals surface area contributed by atoms with Crippen molar-refractivity contribution in [3.63, 3.8) is 0 Å². The molecule has 3 rings (SSSR count). The highest BCUT2D eigenvalue weighted by Crippen LogP contribution is 2.30. The minimum absolute atomic E-state index is 0.0291. The highest BCUT2D eigenvalue weighted by molar-refractivity contribution is 9.10. The number of carbonyl (C=O) groups is 1. The summed E-state index contributed by atoms with van der Waals surface area (Å²) in [6.07, 6.45) is 1.30. The summed E-state index contributed by atoms with van der Waals surface area (Å²) in [5, 5.41) is 18.2. The van der Waals surface area contributed by atoms with Crippen LogP contribution in [0.15, 0.2) is 56.6 Å². The first kappa shape index (κ1) is 18.2. The lowest BCUT2D eigenvalue weighted by molar-refractivity contribution is 0.0954. The van der Waals surface area contributed by atoms with Gasteiger partial charge in [-0.1, -0.05) is 47.1 Å². The molecule has 3 aromatic rings. The number of amides is 1. The van der Waals surface area contributed by atoms with Crippen LogP contribution in [0.5, 0.6) is 5.75 Å². The van der Waals surface area contributed by atoms with E-state index in [4.69, 9.17) is 16.1 Å². The van der Waals surface area contributed by atoms with Gasteiger partial charge in [-0.25, -0.2) is 5.43 Å². The van der Waals surface area contributed by atoms with Gasteiger partial charge in [0.25, 0.3) is 5.91 Å². The van der Waals surface area contributed by atoms with Gasteiger partial charge in [-0.05, 0) is 35.0 Å². The molecule has 132 valence electrons. The first-order valence-corrected chi connectivity index (χ1v) is 8.67. The van der Waals surface area contributed by atoms with E-state index in [1.54, 1.807) is 13.0 Å². The second kappa shape index (κ2) is 7.72. The predicted molar refractivity (Wildman–Crippen MR) is 103 cm³/mol. The topological polar surface area (TPSA) is 87.7 Å². The van der Waals surface area contributed by atoms with Crippen LogP contribution in [-0.4, -0.2) is 22.4 Å². The molecular formula is C18H13BrClN3O3. The fourth-order valence-electron chi connectivity index (χ4n) is 2.33. The third-order valence-corrected chi connectivity index (χ3v) is 4.39. The maximum absolute atomic E-state index is 12.5. The number of aromatic nitrogens is 1. The number of hydrogen-bond donors (Lipinski definition) is 2. The number of hydrazone groups is 1. The summed E-state index contributed by atoms with van der Waals surface area (Å²) in [6, 6.07) is 12.3. The molecular weight excluding hydrogens is 422 g/mol. The molecule has 0 aliphatic rings. The molecule has 2 N–H and O–H groups in total. The van der Waals surface area contributed by atoms with Crippen molar-refractivity contribution in [3.8, 4) is 17.0 Å². The monoisotopic (exact) mass is 433 g/mol. The Balaban J connectivity index is 1.83. The van der Waals surface area contributed by atoms with Crippen molar-refractivity contribution < 1.29 is 14.4 Å². The summed E-state index contributed by atoms with van der Waals surface area (Å²) in [4.78, 5) is 12.5. The molecule has 0 saturated carbocycles. The second-order valence-corrected chi connectivity index (χ2v) is 6.64. The number of hydrogen-bond acceptors (Lipinski definition) is 5. The summed E-state index contributed by atoms with van der Waals surface area (Å²) in [5.41, 5.74) is 4.26. The third-order valence-electron chi connectivity index (χ3n) is 3.56. The van der Waals surface area contributed by atoms with Crippen LogP contribution in [0, 0.1) is 6.92 Å². The molecule has 0 bridgehead atoms. The Hall–Kier alpha value is -2.64. The van der Waals surface area contributed by atoms with Gasteiger partial charge in [0.2, 0.25) is 0 Å². The Kier molecular flexibility index (Phi) is 5.39. The van der Waals surface area contributed by atoms with Crippen molar-refractivity contribution in [3.05, 3.63) is 68.8 Å². The van der Waals surface area contributed by atoms with E-state index in [1.807, 2.05) is 30.3 Å². The number of phenolic OH excluding ortho intramolecular Hbond substituents is 1. The summed E-state index contributed by atoms with van der Waals surface area (Å²) in [7, 11) is 0. The van der Waals surface area contributed by atoms with Gasteiger partial charge in [-0.2, -0.15) is 5.10 Å². The molecule has 1 heterocycles. The van der Waals surface area contributed by atoms with Gasteiger partial charge < -0.3 is 9.63 Å². The van der Waals surface area contributed by atoms with Crippen LogP contribution in [-0.2, 0) is 0 Å². The van der Waals surface area contributed by atoms with Gasteiger partial charge in [0.05, 0.1) is 10.7 Å². The van der Waals surface area contributed by atoms with E-state index in [0.29, 0.717) is 32.1 Å². The van der Waals surface area contributed by atoms with E-state index in [2.05, 4.69) is 31.6 Å². The van der Waals surface area contributed by atoms with E-state index in [9.17, 15) is 9.90 Å². The molecule has 0 spiro atoms. The summed E-state index contributed by atoms with van der Waals surface area (Å²) in [6.45, 7) is 1.65. The van der Waals surface area contributed by atoms with Gasteiger partial charge in [-0.15, -0.1) is 0 Å². The largest absolute Gasteiger partial charge is 0.506 e. The fraction of sp³-hybridized carbons (Fsp3) is 0.0556. The van der Waals surface area contributed by atoms with Crippen LogP contribution in [0.2, 0.25) is 5.02 Å². The van der Waals surface area contributed by atoms with Gasteiger partial charge in [0.15, 0.2) is 0 Å². The number of phenols is 1.